The molecule has 0 bridgehead atoms. The van der Waals surface area contributed by atoms with Crippen LogP contribution < -0.4 is 15.0 Å². The molecule has 1 fully saturated rings. The maximum absolute atomic E-state index is 13.3. The number of aromatic hydroxyl groups is 1. The molecule has 2 atom stereocenters. The predicted octanol–water partition coefficient (Wildman–Crippen LogP) is 4.71. The zero-order valence-corrected chi connectivity index (χ0v) is 18.2. The number of ether oxygens (including phenoxy) is 2. The summed E-state index contributed by atoms with van der Waals surface area (Å²) in [6.07, 6.45) is 6.36. The lowest BCUT2D eigenvalue weighted by molar-refractivity contribution is 0.333. The number of nitrogens with zero attached hydrogens (tertiary/aromatic N) is 2. The summed E-state index contributed by atoms with van der Waals surface area (Å²) in [5.74, 6) is 1.40. The van der Waals surface area contributed by atoms with Crippen molar-refractivity contribution in [3.8, 4) is 23.1 Å². The highest BCUT2D eigenvalue weighted by Crippen LogP contribution is 2.32. The molecule has 1 aliphatic rings. The monoisotopic (exact) mass is 420 g/mol. The number of hydrogen-bond donors (Lipinski definition) is 1. The van der Waals surface area contributed by atoms with Gasteiger partial charge in [-0.2, -0.15) is 0 Å². The van der Waals surface area contributed by atoms with Gasteiger partial charge in [-0.15, -0.1) is 0 Å². The highest BCUT2D eigenvalue weighted by Gasteiger charge is 2.21. The maximum atomic E-state index is 13.3. The zero-order chi connectivity index (χ0) is 22.0. The fourth-order valence-electron chi connectivity index (χ4n) is 4.38. The lowest BCUT2D eigenvalue weighted by atomic mass is 9.86. The SMILES string of the molecule is COc1ccc(-n2c(O)c(C=NC3CCCCC3C)c3ccccc3c2=O)cc1OC. The molecule has 1 heterocycles. The molecule has 3 aromatic rings. The van der Waals surface area contributed by atoms with Crippen LogP contribution in [0, 0.1) is 5.92 Å². The van der Waals surface area contributed by atoms with Crippen molar-refractivity contribution >= 4 is 17.0 Å². The summed E-state index contributed by atoms with van der Waals surface area (Å²) in [7, 11) is 3.09. The molecule has 0 radical (unpaired) electrons. The molecule has 1 aliphatic carbocycles. The van der Waals surface area contributed by atoms with Gasteiger partial charge in [0.25, 0.3) is 5.56 Å². The van der Waals surface area contributed by atoms with Crippen LogP contribution in [0.3, 0.4) is 0 Å². The minimum absolute atomic E-state index is 0.136. The Morgan fingerprint density at radius 3 is 2.45 bits per heavy atom. The zero-order valence-electron chi connectivity index (χ0n) is 18.2. The molecule has 0 spiro atoms. The van der Waals surface area contributed by atoms with Gasteiger partial charge in [-0.25, -0.2) is 4.57 Å². The van der Waals surface area contributed by atoms with E-state index in [2.05, 4.69) is 6.92 Å². The van der Waals surface area contributed by atoms with Crippen LogP contribution in [0.2, 0.25) is 0 Å². The molecule has 6 nitrogen and oxygen atoms in total. The number of benzene rings is 2. The molecule has 0 amide bonds. The number of methoxy groups -OCH3 is 2. The van der Waals surface area contributed by atoms with Gasteiger partial charge in [0.2, 0.25) is 5.88 Å². The quantitative estimate of drug-likeness (QED) is 0.607. The van der Waals surface area contributed by atoms with Crippen molar-refractivity contribution in [1.29, 1.82) is 0 Å². The number of hydrogen-bond acceptors (Lipinski definition) is 5. The summed E-state index contributed by atoms with van der Waals surface area (Å²) >= 11 is 0. The summed E-state index contributed by atoms with van der Waals surface area (Å²) in [6.45, 7) is 2.23. The van der Waals surface area contributed by atoms with Crippen molar-refractivity contribution in [3.05, 3.63) is 58.4 Å². The Balaban J connectivity index is 1.90. The Labute approximate surface area is 181 Å². The summed E-state index contributed by atoms with van der Waals surface area (Å²) in [6, 6.07) is 12.7. The second-order valence-electron chi connectivity index (χ2n) is 8.07. The Morgan fingerprint density at radius 2 is 1.74 bits per heavy atom. The first-order chi connectivity index (χ1) is 15.0. The van der Waals surface area contributed by atoms with Gasteiger partial charge < -0.3 is 14.6 Å². The molecule has 0 aliphatic heterocycles. The molecule has 1 N–H and O–H groups in total. The smallest absolute Gasteiger partial charge is 0.265 e. The molecule has 1 aromatic heterocycles. The van der Waals surface area contributed by atoms with E-state index in [0.717, 1.165) is 6.42 Å². The largest absolute Gasteiger partial charge is 0.494 e. The number of aromatic nitrogens is 1. The van der Waals surface area contributed by atoms with Gasteiger partial charge in [0, 0.05) is 23.1 Å². The third-order valence-corrected chi connectivity index (χ3v) is 6.19. The van der Waals surface area contributed by atoms with Crippen LogP contribution in [0.25, 0.3) is 16.5 Å². The van der Waals surface area contributed by atoms with Crippen LogP contribution in [0.4, 0.5) is 0 Å². The summed E-state index contributed by atoms with van der Waals surface area (Å²) in [5.41, 5.74) is 0.734. The van der Waals surface area contributed by atoms with Gasteiger partial charge in [0.15, 0.2) is 11.5 Å². The first kappa shape index (κ1) is 21.0. The van der Waals surface area contributed by atoms with Gasteiger partial charge >= 0.3 is 0 Å². The summed E-state index contributed by atoms with van der Waals surface area (Å²) < 4.78 is 12.0. The van der Waals surface area contributed by atoms with E-state index in [1.165, 1.54) is 30.9 Å². The number of pyridine rings is 1. The number of rotatable bonds is 5. The van der Waals surface area contributed by atoms with E-state index < -0.39 is 0 Å². The minimum atomic E-state index is -0.302. The second-order valence-corrected chi connectivity index (χ2v) is 8.07. The Kier molecular flexibility index (Phi) is 5.98. The first-order valence-corrected chi connectivity index (χ1v) is 10.7. The van der Waals surface area contributed by atoms with Crippen LogP contribution >= 0.6 is 0 Å². The normalized spacial score (nSPS) is 19.1. The highest BCUT2D eigenvalue weighted by molar-refractivity contribution is 6.01. The maximum Gasteiger partial charge on any atom is 0.265 e. The molecule has 2 unspecified atom stereocenters. The van der Waals surface area contributed by atoms with Crippen LogP contribution in [0.15, 0.2) is 52.3 Å². The van der Waals surface area contributed by atoms with Crippen LogP contribution in [-0.2, 0) is 0 Å². The molecule has 31 heavy (non-hydrogen) atoms. The Morgan fingerprint density at radius 1 is 1.03 bits per heavy atom. The molecule has 2 aromatic carbocycles. The fraction of sp³-hybridized carbons (Fsp3) is 0.360. The highest BCUT2D eigenvalue weighted by atomic mass is 16.5. The second kappa shape index (κ2) is 8.84. The van der Waals surface area contributed by atoms with Crippen molar-refractivity contribution in [3.63, 3.8) is 0 Å². The van der Waals surface area contributed by atoms with Crippen LogP contribution in [0.5, 0.6) is 17.4 Å². The molecule has 1 saturated carbocycles. The van der Waals surface area contributed by atoms with E-state index in [1.54, 1.807) is 37.6 Å². The van der Waals surface area contributed by atoms with Crippen molar-refractivity contribution < 1.29 is 14.6 Å². The van der Waals surface area contributed by atoms with Crippen molar-refractivity contribution in [1.82, 2.24) is 4.57 Å². The Bertz CT molecular complexity index is 1180. The molecule has 4 rings (SSSR count). The van der Waals surface area contributed by atoms with Crippen LogP contribution in [-0.4, -0.2) is 36.1 Å². The number of fused-ring (bicyclic) bond motifs is 1. The van der Waals surface area contributed by atoms with Gasteiger partial charge in [-0.05, 0) is 37.0 Å². The predicted molar refractivity (Wildman–Crippen MR) is 123 cm³/mol. The minimum Gasteiger partial charge on any atom is -0.494 e. The van der Waals surface area contributed by atoms with Gasteiger partial charge in [0.05, 0.1) is 31.5 Å². The van der Waals surface area contributed by atoms with E-state index in [4.69, 9.17) is 14.5 Å². The third-order valence-electron chi connectivity index (χ3n) is 6.19. The lowest BCUT2D eigenvalue weighted by Crippen LogP contribution is -2.22. The summed E-state index contributed by atoms with van der Waals surface area (Å²) in [5, 5.41) is 12.4. The van der Waals surface area contributed by atoms with Gasteiger partial charge in [-0.1, -0.05) is 38.0 Å². The molecule has 0 saturated heterocycles. The molecule has 162 valence electrons. The average Bonchev–Trinajstić information content (AvgIpc) is 2.80. The fourth-order valence-corrected chi connectivity index (χ4v) is 4.38. The van der Waals surface area contributed by atoms with Crippen molar-refractivity contribution in [2.75, 3.05) is 14.2 Å². The third kappa shape index (κ3) is 3.90. The van der Waals surface area contributed by atoms with Crippen LogP contribution in [0.1, 0.15) is 38.2 Å². The molecular weight excluding hydrogens is 392 g/mol. The lowest BCUT2D eigenvalue weighted by Gasteiger charge is -2.25. The summed E-state index contributed by atoms with van der Waals surface area (Å²) in [4.78, 5) is 18.1. The van der Waals surface area contributed by atoms with Gasteiger partial charge in [-0.3, -0.25) is 9.79 Å². The number of aliphatic imine (C=N–C) groups is 1. The van der Waals surface area contributed by atoms with E-state index in [0.29, 0.717) is 39.4 Å². The Hall–Kier alpha value is -3.28. The average molecular weight is 421 g/mol. The standard InChI is InChI=1S/C25H28N2O4/c1-16-8-4-7-11-21(16)26-15-20-18-9-5-6-10-19(18)24(28)27(25(20)29)17-12-13-22(30-2)23(14-17)31-3/h5-6,9-10,12-16,21,29H,4,7-8,11H2,1-3H3. The first-order valence-electron chi connectivity index (χ1n) is 10.7. The topological polar surface area (TPSA) is 73.0 Å². The van der Waals surface area contributed by atoms with E-state index in [-0.39, 0.29) is 17.5 Å². The molecular formula is C25H28N2O4. The van der Waals surface area contributed by atoms with Crippen molar-refractivity contribution in [2.45, 2.75) is 38.6 Å². The van der Waals surface area contributed by atoms with E-state index >= 15 is 0 Å². The van der Waals surface area contributed by atoms with E-state index in [9.17, 15) is 9.90 Å². The molecule has 6 heteroatoms. The van der Waals surface area contributed by atoms with E-state index in [1.807, 2.05) is 18.2 Å². The van der Waals surface area contributed by atoms with Gasteiger partial charge in [0.1, 0.15) is 0 Å². The van der Waals surface area contributed by atoms with Crippen molar-refractivity contribution in [2.24, 2.45) is 10.9 Å².